The Morgan fingerprint density at radius 3 is 2.18 bits per heavy atom. The monoisotopic (exact) mass is 236 g/mol. The third-order valence-electron chi connectivity index (χ3n) is 4.47. The minimum absolute atomic E-state index is 1.01. The molecule has 1 rings (SSSR count). The van der Waals surface area contributed by atoms with Gasteiger partial charge in [0.2, 0.25) is 0 Å². The first-order chi connectivity index (χ1) is 8.24. The zero-order valence-electron chi connectivity index (χ0n) is 12.4. The maximum absolute atomic E-state index is 2.34. The lowest BCUT2D eigenvalue weighted by Gasteiger charge is -2.24. The Kier molecular flexibility index (Phi) is 7.64. The molecule has 0 aromatic carbocycles. The summed E-state index contributed by atoms with van der Waals surface area (Å²) in [6.45, 7) is 6.95. The highest BCUT2D eigenvalue weighted by Crippen LogP contribution is 2.32. The fraction of sp³-hybridized carbons (Fsp3) is 0.882. The van der Waals surface area contributed by atoms with E-state index in [1.165, 1.54) is 70.6 Å². The Labute approximate surface area is 109 Å². The van der Waals surface area contributed by atoms with Crippen LogP contribution in [0.2, 0.25) is 0 Å². The van der Waals surface area contributed by atoms with E-state index in [1.54, 1.807) is 11.1 Å². The van der Waals surface area contributed by atoms with Gasteiger partial charge in [0.05, 0.1) is 0 Å². The van der Waals surface area contributed by atoms with Crippen LogP contribution < -0.4 is 0 Å². The van der Waals surface area contributed by atoms with Crippen molar-refractivity contribution in [2.75, 3.05) is 0 Å². The Hall–Kier alpha value is -0.260. The third-order valence-corrected chi connectivity index (χ3v) is 4.47. The Morgan fingerprint density at radius 1 is 0.882 bits per heavy atom. The first-order valence-corrected chi connectivity index (χ1v) is 7.89. The first-order valence-electron chi connectivity index (χ1n) is 7.89. The van der Waals surface area contributed by atoms with Crippen LogP contribution >= 0.6 is 0 Å². The van der Waals surface area contributed by atoms with E-state index >= 15 is 0 Å². The van der Waals surface area contributed by atoms with Crippen LogP contribution in [0, 0.1) is 5.92 Å². The summed E-state index contributed by atoms with van der Waals surface area (Å²) in [6, 6.07) is 0. The average molecular weight is 236 g/mol. The SMILES string of the molecule is CCCCCCCCCC1CCC(C)=C(C)C1. The Morgan fingerprint density at radius 2 is 1.53 bits per heavy atom. The van der Waals surface area contributed by atoms with Crippen LogP contribution in [0.3, 0.4) is 0 Å². The van der Waals surface area contributed by atoms with Crippen molar-refractivity contribution in [2.45, 2.75) is 91.4 Å². The van der Waals surface area contributed by atoms with E-state index in [0.717, 1.165) is 5.92 Å². The van der Waals surface area contributed by atoms with Crippen molar-refractivity contribution in [3.05, 3.63) is 11.1 Å². The summed E-state index contributed by atoms with van der Waals surface area (Å²) in [5.74, 6) is 1.01. The van der Waals surface area contributed by atoms with Crippen LogP contribution in [0.5, 0.6) is 0 Å². The third kappa shape index (κ3) is 6.29. The number of allylic oxidation sites excluding steroid dienone is 2. The maximum Gasteiger partial charge on any atom is -0.0292 e. The smallest absolute Gasteiger partial charge is 0.0292 e. The summed E-state index contributed by atoms with van der Waals surface area (Å²) in [6.07, 6.45) is 15.9. The van der Waals surface area contributed by atoms with Crippen molar-refractivity contribution >= 4 is 0 Å². The molecule has 0 fully saturated rings. The topological polar surface area (TPSA) is 0 Å². The number of rotatable bonds is 8. The summed E-state index contributed by atoms with van der Waals surface area (Å²) >= 11 is 0. The molecule has 17 heavy (non-hydrogen) atoms. The fourth-order valence-electron chi connectivity index (χ4n) is 2.98. The molecule has 0 nitrogen and oxygen atoms in total. The van der Waals surface area contributed by atoms with Gasteiger partial charge in [-0.3, -0.25) is 0 Å². The molecular weight excluding hydrogens is 204 g/mol. The van der Waals surface area contributed by atoms with Crippen LogP contribution in [0.25, 0.3) is 0 Å². The summed E-state index contributed by atoms with van der Waals surface area (Å²) in [4.78, 5) is 0. The van der Waals surface area contributed by atoms with Crippen molar-refractivity contribution in [3.63, 3.8) is 0 Å². The molecule has 0 N–H and O–H groups in total. The molecule has 1 aliphatic carbocycles. The fourth-order valence-corrected chi connectivity index (χ4v) is 2.98. The Bertz CT molecular complexity index is 224. The largest absolute Gasteiger partial charge is 0.0744 e. The number of hydrogen-bond donors (Lipinski definition) is 0. The van der Waals surface area contributed by atoms with Crippen molar-refractivity contribution in [2.24, 2.45) is 5.92 Å². The van der Waals surface area contributed by atoms with E-state index in [0.29, 0.717) is 0 Å². The number of unbranched alkanes of at least 4 members (excludes halogenated alkanes) is 6. The molecule has 1 aliphatic rings. The minimum Gasteiger partial charge on any atom is -0.0744 e. The molecule has 0 spiro atoms. The molecule has 1 atom stereocenters. The lowest BCUT2D eigenvalue weighted by molar-refractivity contribution is 0.402. The van der Waals surface area contributed by atoms with Gasteiger partial charge in [0, 0.05) is 0 Å². The van der Waals surface area contributed by atoms with Gasteiger partial charge >= 0.3 is 0 Å². The molecule has 0 amide bonds. The van der Waals surface area contributed by atoms with E-state index in [2.05, 4.69) is 20.8 Å². The normalized spacial score (nSPS) is 21.0. The highest BCUT2D eigenvalue weighted by atomic mass is 14.2. The molecule has 100 valence electrons. The quantitative estimate of drug-likeness (QED) is 0.344. The molecule has 0 aromatic heterocycles. The molecule has 0 saturated heterocycles. The Balaban J connectivity index is 1.97. The van der Waals surface area contributed by atoms with Gasteiger partial charge in [-0.1, -0.05) is 69.4 Å². The van der Waals surface area contributed by atoms with Gasteiger partial charge in [0.25, 0.3) is 0 Å². The highest BCUT2D eigenvalue weighted by molar-refractivity contribution is 5.13. The van der Waals surface area contributed by atoms with Gasteiger partial charge in [-0.05, 0) is 39.0 Å². The molecule has 1 unspecified atom stereocenters. The second-order valence-electron chi connectivity index (χ2n) is 6.08. The minimum atomic E-state index is 1.01. The van der Waals surface area contributed by atoms with Crippen LogP contribution in [0.15, 0.2) is 11.1 Å². The summed E-state index contributed by atoms with van der Waals surface area (Å²) in [5.41, 5.74) is 3.35. The molecule has 0 heteroatoms. The molecule has 0 heterocycles. The van der Waals surface area contributed by atoms with E-state index in [-0.39, 0.29) is 0 Å². The standard InChI is InChI=1S/C17H32/c1-4-5-6-7-8-9-10-11-17-13-12-15(2)16(3)14-17/h17H,4-14H2,1-3H3. The van der Waals surface area contributed by atoms with Gasteiger partial charge < -0.3 is 0 Å². The first kappa shape index (κ1) is 14.8. The zero-order chi connectivity index (χ0) is 12.5. The van der Waals surface area contributed by atoms with Crippen molar-refractivity contribution in [3.8, 4) is 0 Å². The van der Waals surface area contributed by atoms with E-state index in [9.17, 15) is 0 Å². The highest BCUT2D eigenvalue weighted by Gasteiger charge is 2.15. The van der Waals surface area contributed by atoms with Gasteiger partial charge in [-0.2, -0.15) is 0 Å². The van der Waals surface area contributed by atoms with E-state index < -0.39 is 0 Å². The van der Waals surface area contributed by atoms with Gasteiger partial charge in [0.1, 0.15) is 0 Å². The average Bonchev–Trinajstić information content (AvgIpc) is 2.32. The van der Waals surface area contributed by atoms with Crippen LogP contribution in [-0.2, 0) is 0 Å². The predicted molar refractivity (Wildman–Crippen MR) is 78.3 cm³/mol. The van der Waals surface area contributed by atoms with Gasteiger partial charge in [0.15, 0.2) is 0 Å². The summed E-state index contributed by atoms with van der Waals surface area (Å²) in [7, 11) is 0. The molecular formula is C17H32. The van der Waals surface area contributed by atoms with Gasteiger partial charge in [-0.25, -0.2) is 0 Å². The zero-order valence-corrected chi connectivity index (χ0v) is 12.4. The van der Waals surface area contributed by atoms with Crippen molar-refractivity contribution < 1.29 is 0 Å². The van der Waals surface area contributed by atoms with Crippen LogP contribution in [0.1, 0.15) is 91.4 Å². The van der Waals surface area contributed by atoms with Gasteiger partial charge in [-0.15, -0.1) is 0 Å². The number of hydrogen-bond acceptors (Lipinski definition) is 0. The maximum atomic E-state index is 2.34. The molecule has 0 aromatic rings. The van der Waals surface area contributed by atoms with Crippen LogP contribution in [0.4, 0.5) is 0 Å². The van der Waals surface area contributed by atoms with Crippen molar-refractivity contribution in [1.82, 2.24) is 0 Å². The summed E-state index contributed by atoms with van der Waals surface area (Å²) < 4.78 is 0. The second kappa shape index (κ2) is 8.78. The lowest BCUT2D eigenvalue weighted by atomic mass is 9.82. The molecule has 0 radical (unpaired) electrons. The summed E-state index contributed by atoms with van der Waals surface area (Å²) in [5, 5.41) is 0. The van der Waals surface area contributed by atoms with Crippen molar-refractivity contribution in [1.29, 1.82) is 0 Å². The second-order valence-corrected chi connectivity index (χ2v) is 6.08. The molecule has 0 aliphatic heterocycles. The molecule has 0 saturated carbocycles. The van der Waals surface area contributed by atoms with Crippen LogP contribution in [-0.4, -0.2) is 0 Å². The predicted octanol–water partition coefficient (Wildman–Crippen LogP) is 6.26. The molecule has 0 bridgehead atoms. The van der Waals surface area contributed by atoms with E-state index in [1.807, 2.05) is 0 Å². The lowest BCUT2D eigenvalue weighted by Crippen LogP contribution is -2.08. The van der Waals surface area contributed by atoms with E-state index in [4.69, 9.17) is 0 Å².